The van der Waals surface area contributed by atoms with E-state index in [0.29, 0.717) is 39.9 Å². The molecule has 1 fully saturated rings. The standard InChI is InChI=1S/C29H40ClN7O2S/c1-5-6-7-10-21(3)39-28(35-27-20(2)9-8-11-23(27)30)24-19-31-29(40-24)34-25-18-26(33-22(4)32-25)37-14-12-36(13-15-37)16-17-38/h8-9,11,18-19,21,38H,5-7,10,12-17H2,1-4H3,(H,31,32,33,34)/b35-28-. The molecule has 1 saturated heterocycles. The molecule has 3 heterocycles. The number of hydrogen-bond acceptors (Lipinski definition) is 10. The summed E-state index contributed by atoms with van der Waals surface area (Å²) in [6, 6.07) is 7.72. The zero-order valence-corrected chi connectivity index (χ0v) is 25.4. The van der Waals surface area contributed by atoms with E-state index in [-0.39, 0.29) is 12.7 Å². The van der Waals surface area contributed by atoms with Crippen molar-refractivity contribution in [2.45, 2.75) is 59.5 Å². The Hall–Kier alpha value is -2.79. The summed E-state index contributed by atoms with van der Waals surface area (Å²) < 4.78 is 6.39. The number of rotatable bonds is 12. The number of para-hydroxylation sites is 1. The van der Waals surface area contributed by atoms with Gasteiger partial charge < -0.3 is 20.1 Å². The third-order valence-electron chi connectivity index (χ3n) is 6.82. The van der Waals surface area contributed by atoms with Crippen LogP contribution in [-0.2, 0) is 4.74 Å². The SMILES string of the molecule is CCCCCC(C)O/C(=N\c1c(C)cccc1Cl)c1cnc(Nc2cc(N3CCN(CCO)CC3)nc(C)n2)s1. The largest absolute Gasteiger partial charge is 0.474 e. The van der Waals surface area contributed by atoms with Gasteiger partial charge in [-0.25, -0.2) is 19.9 Å². The molecule has 1 atom stereocenters. The number of ether oxygens (including phenoxy) is 1. The van der Waals surface area contributed by atoms with Gasteiger partial charge in [0.05, 0.1) is 29.6 Å². The van der Waals surface area contributed by atoms with Crippen molar-refractivity contribution in [2.24, 2.45) is 4.99 Å². The maximum absolute atomic E-state index is 9.22. The number of aliphatic hydroxyl groups is 1. The van der Waals surface area contributed by atoms with E-state index in [1.165, 1.54) is 24.2 Å². The summed E-state index contributed by atoms with van der Waals surface area (Å²) in [6.07, 6.45) is 6.20. The number of halogens is 1. The van der Waals surface area contributed by atoms with Gasteiger partial charge >= 0.3 is 0 Å². The molecule has 2 N–H and O–H groups in total. The molecule has 1 aliphatic rings. The second kappa shape index (κ2) is 14.7. The normalized spacial score (nSPS) is 15.3. The average Bonchev–Trinajstić information content (AvgIpc) is 3.39. The van der Waals surface area contributed by atoms with Crippen LogP contribution in [-0.4, -0.2) is 76.3 Å². The summed E-state index contributed by atoms with van der Waals surface area (Å²) in [5, 5.41) is 13.9. The van der Waals surface area contributed by atoms with E-state index >= 15 is 0 Å². The van der Waals surface area contributed by atoms with Crippen molar-refractivity contribution < 1.29 is 9.84 Å². The molecular formula is C29H40ClN7O2S. The Morgan fingerprint density at radius 3 is 2.73 bits per heavy atom. The Balaban J connectivity index is 1.53. The van der Waals surface area contributed by atoms with Crippen LogP contribution in [0.1, 0.15) is 55.8 Å². The molecule has 0 aliphatic carbocycles. The Kier molecular flexibility index (Phi) is 11.1. The minimum absolute atomic E-state index is 0.0107. The lowest BCUT2D eigenvalue weighted by Crippen LogP contribution is -2.47. The molecule has 216 valence electrons. The van der Waals surface area contributed by atoms with Crippen molar-refractivity contribution in [2.75, 3.05) is 49.5 Å². The van der Waals surface area contributed by atoms with Gasteiger partial charge in [0.25, 0.3) is 0 Å². The lowest BCUT2D eigenvalue weighted by atomic mass is 10.1. The number of aryl methyl sites for hydroxylation is 2. The van der Waals surface area contributed by atoms with Gasteiger partial charge in [-0.3, -0.25) is 4.90 Å². The number of aromatic nitrogens is 3. The molecule has 0 saturated carbocycles. The molecule has 3 aromatic rings. The first-order valence-electron chi connectivity index (χ1n) is 14.0. The summed E-state index contributed by atoms with van der Waals surface area (Å²) in [6.45, 7) is 12.6. The quantitative estimate of drug-likeness (QED) is 0.149. The first kappa shape index (κ1) is 30.2. The molecule has 0 radical (unpaired) electrons. The van der Waals surface area contributed by atoms with Crippen molar-refractivity contribution >= 4 is 51.3 Å². The predicted molar refractivity (Wildman–Crippen MR) is 165 cm³/mol. The van der Waals surface area contributed by atoms with Gasteiger partial charge in [-0.15, -0.1) is 0 Å². The van der Waals surface area contributed by atoms with Gasteiger partial charge in [0.15, 0.2) is 5.13 Å². The topological polar surface area (TPSA) is 99.0 Å². The third kappa shape index (κ3) is 8.36. The van der Waals surface area contributed by atoms with Crippen LogP contribution in [0, 0.1) is 13.8 Å². The molecule has 0 bridgehead atoms. The molecule has 4 rings (SSSR count). The average molecular weight is 586 g/mol. The van der Waals surface area contributed by atoms with Crippen LogP contribution in [0.5, 0.6) is 0 Å². The number of anilines is 3. The first-order valence-corrected chi connectivity index (χ1v) is 15.2. The molecule has 1 aromatic carbocycles. The fraction of sp³-hybridized carbons (Fsp3) is 0.517. The number of β-amino-alcohol motifs (C(OH)–C–C–N with tert-alkyl or cyclic N) is 1. The van der Waals surface area contributed by atoms with E-state index in [2.05, 4.69) is 43.9 Å². The van der Waals surface area contributed by atoms with Crippen LogP contribution in [0.4, 0.5) is 22.5 Å². The highest BCUT2D eigenvalue weighted by Gasteiger charge is 2.20. The number of piperazine rings is 1. The van der Waals surface area contributed by atoms with Gasteiger partial charge in [0.1, 0.15) is 22.3 Å². The monoisotopic (exact) mass is 585 g/mol. The summed E-state index contributed by atoms with van der Waals surface area (Å²) in [7, 11) is 0. The number of hydrogen-bond donors (Lipinski definition) is 2. The maximum atomic E-state index is 9.22. The minimum Gasteiger partial charge on any atom is -0.474 e. The Morgan fingerprint density at radius 2 is 2.00 bits per heavy atom. The maximum Gasteiger partial charge on any atom is 0.233 e. The number of unbranched alkanes of at least 4 members (excludes halogenated alkanes) is 2. The van der Waals surface area contributed by atoms with E-state index in [0.717, 1.165) is 55.3 Å². The van der Waals surface area contributed by atoms with Crippen molar-refractivity contribution in [1.82, 2.24) is 19.9 Å². The number of aliphatic hydroxyl groups excluding tert-OH is 1. The summed E-state index contributed by atoms with van der Waals surface area (Å²) in [5.41, 5.74) is 1.69. The molecule has 1 aliphatic heterocycles. The zero-order chi connectivity index (χ0) is 28.5. The van der Waals surface area contributed by atoms with Crippen LogP contribution < -0.4 is 10.2 Å². The highest BCUT2D eigenvalue weighted by molar-refractivity contribution is 7.17. The van der Waals surface area contributed by atoms with Crippen LogP contribution in [0.3, 0.4) is 0 Å². The number of nitrogens with one attached hydrogen (secondary N) is 1. The van der Waals surface area contributed by atoms with Crippen molar-refractivity contribution in [3.63, 3.8) is 0 Å². The van der Waals surface area contributed by atoms with E-state index in [4.69, 9.17) is 21.3 Å². The van der Waals surface area contributed by atoms with Crippen LogP contribution >= 0.6 is 22.9 Å². The van der Waals surface area contributed by atoms with Crippen molar-refractivity contribution in [3.05, 3.63) is 51.7 Å². The van der Waals surface area contributed by atoms with Gasteiger partial charge in [0.2, 0.25) is 5.90 Å². The molecule has 0 amide bonds. The smallest absolute Gasteiger partial charge is 0.233 e. The Morgan fingerprint density at radius 1 is 1.20 bits per heavy atom. The van der Waals surface area contributed by atoms with Crippen LogP contribution in [0.25, 0.3) is 0 Å². The Labute approximate surface area is 246 Å². The molecule has 1 unspecified atom stereocenters. The van der Waals surface area contributed by atoms with Gasteiger partial charge in [-0.2, -0.15) is 0 Å². The summed E-state index contributed by atoms with van der Waals surface area (Å²) in [5.74, 6) is 2.79. The highest BCUT2D eigenvalue weighted by atomic mass is 35.5. The lowest BCUT2D eigenvalue weighted by Gasteiger charge is -2.35. The van der Waals surface area contributed by atoms with Gasteiger partial charge in [-0.05, 0) is 45.2 Å². The number of aliphatic imine (C=N–C) groups is 1. The number of benzene rings is 1. The first-order chi connectivity index (χ1) is 19.4. The summed E-state index contributed by atoms with van der Waals surface area (Å²) >= 11 is 7.98. The summed E-state index contributed by atoms with van der Waals surface area (Å²) in [4.78, 5) is 24.1. The fourth-order valence-electron chi connectivity index (χ4n) is 4.60. The van der Waals surface area contributed by atoms with Gasteiger partial charge in [0, 0.05) is 38.8 Å². The van der Waals surface area contributed by atoms with Crippen molar-refractivity contribution in [1.29, 1.82) is 0 Å². The minimum atomic E-state index is 0.0107. The predicted octanol–water partition coefficient (Wildman–Crippen LogP) is 6.12. The molecule has 40 heavy (non-hydrogen) atoms. The molecule has 2 aromatic heterocycles. The second-order valence-corrected chi connectivity index (χ2v) is 11.5. The van der Waals surface area contributed by atoms with Crippen LogP contribution in [0.2, 0.25) is 5.02 Å². The number of nitrogens with zero attached hydrogens (tertiary/aromatic N) is 6. The van der Waals surface area contributed by atoms with Crippen LogP contribution in [0.15, 0.2) is 35.5 Å². The van der Waals surface area contributed by atoms with E-state index < -0.39 is 0 Å². The highest BCUT2D eigenvalue weighted by Crippen LogP contribution is 2.31. The molecular weight excluding hydrogens is 546 g/mol. The van der Waals surface area contributed by atoms with E-state index in [1.807, 2.05) is 38.1 Å². The third-order valence-corrected chi connectivity index (χ3v) is 8.02. The molecule has 9 nitrogen and oxygen atoms in total. The molecule has 0 spiro atoms. The van der Waals surface area contributed by atoms with Gasteiger partial charge in [-0.1, -0.05) is 54.8 Å². The van der Waals surface area contributed by atoms with E-state index in [9.17, 15) is 5.11 Å². The van der Waals surface area contributed by atoms with E-state index in [1.54, 1.807) is 6.20 Å². The van der Waals surface area contributed by atoms with Crippen molar-refractivity contribution in [3.8, 4) is 0 Å². The second-order valence-electron chi connectivity index (χ2n) is 10.1. The number of thiazole rings is 1. The molecule has 11 heteroatoms. The lowest BCUT2D eigenvalue weighted by molar-refractivity contribution is 0.188. The fourth-order valence-corrected chi connectivity index (χ4v) is 5.62. The zero-order valence-electron chi connectivity index (χ0n) is 23.9. The Bertz CT molecular complexity index is 1260.